The summed E-state index contributed by atoms with van der Waals surface area (Å²) in [5.41, 5.74) is 0.801. The number of aliphatic hydroxyl groups is 1. The lowest BCUT2D eigenvalue weighted by molar-refractivity contribution is -0.169. The predicted molar refractivity (Wildman–Crippen MR) is 86.1 cm³/mol. The Morgan fingerprint density at radius 2 is 2.05 bits per heavy atom. The summed E-state index contributed by atoms with van der Waals surface area (Å²) in [4.78, 5) is 12.2. The summed E-state index contributed by atoms with van der Waals surface area (Å²) in [6.45, 7) is 7.29. The van der Waals surface area contributed by atoms with E-state index in [1.54, 1.807) is 6.92 Å². The van der Waals surface area contributed by atoms with Crippen LogP contribution >= 0.6 is 15.9 Å². The lowest BCUT2D eigenvalue weighted by Gasteiger charge is -2.38. The summed E-state index contributed by atoms with van der Waals surface area (Å²) < 4.78 is 6.47. The molecule has 0 spiro atoms. The van der Waals surface area contributed by atoms with Gasteiger partial charge in [-0.2, -0.15) is 0 Å². The molecule has 1 N–H and O–H groups in total. The summed E-state index contributed by atoms with van der Waals surface area (Å²) in [5.74, 6) is -0.862. The van der Waals surface area contributed by atoms with E-state index in [1.165, 1.54) is 5.56 Å². The number of esters is 1. The fraction of sp³-hybridized carbons (Fsp3) is 0.588. The zero-order valence-corrected chi connectivity index (χ0v) is 14.7. The Bertz CT molecular complexity index is 547. The van der Waals surface area contributed by atoms with E-state index in [2.05, 4.69) is 22.0 Å². The van der Waals surface area contributed by atoms with Crippen LogP contribution in [0.2, 0.25) is 0 Å². The van der Waals surface area contributed by atoms with E-state index in [1.807, 2.05) is 32.9 Å². The molecule has 0 bridgehead atoms. The molecule has 2 rings (SSSR count). The molecule has 1 aliphatic carbocycles. The Hall–Kier alpha value is -0.870. The van der Waals surface area contributed by atoms with Crippen LogP contribution in [0.25, 0.3) is 0 Å². The molecule has 3 nitrogen and oxygen atoms in total. The van der Waals surface area contributed by atoms with E-state index < -0.39 is 17.1 Å². The fourth-order valence-electron chi connectivity index (χ4n) is 2.75. The van der Waals surface area contributed by atoms with Crippen molar-refractivity contribution in [3.8, 4) is 0 Å². The van der Waals surface area contributed by atoms with Gasteiger partial charge in [0.25, 0.3) is 0 Å². The van der Waals surface area contributed by atoms with Crippen molar-refractivity contribution >= 4 is 21.9 Å². The van der Waals surface area contributed by atoms with Crippen LogP contribution in [-0.4, -0.2) is 22.3 Å². The van der Waals surface area contributed by atoms with Crippen LogP contribution in [0.4, 0.5) is 0 Å². The molecule has 1 aliphatic rings. The van der Waals surface area contributed by atoms with Crippen molar-refractivity contribution in [3.05, 3.63) is 33.8 Å². The molecule has 0 aliphatic heterocycles. The number of carbonyl (C=O) groups excluding carboxylic acids is 1. The molecule has 0 aromatic heterocycles. The average molecular weight is 355 g/mol. The van der Waals surface area contributed by atoms with Gasteiger partial charge in [0.05, 0.1) is 11.5 Å². The molecular formula is C17H23BrO3. The van der Waals surface area contributed by atoms with Gasteiger partial charge in [0.15, 0.2) is 0 Å². The van der Waals surface area contributed by atoms with E-state index in [0.717, 1.165) is 16.5 Å². The normalized spacial score (nSPS) is 23.3. The lowest BCUT2D eigenvalue weighted by atomic mass is 9.74. The van der Waals surface area contributed by atoms with Gasteiger partial charge in [-0.05, 0) is 63.8 Å². The number of aryl methyl sites for hydroxylation is 1. The summed E-state index contributed by atoms with van der Waals surface area (Å²) in [6, 6.07) is 6.08. The maximum absolute atomic E-state index is 12.2. The first-order valence-electron chi connectivity index (χ1n) is 7.33. The largest absolute Gasteiger partial charge is 0.460 e. The highest BCUT2D eigenvalue weighted by atomic mass is 79.9. The summed E-state index contributed by atoms with van der Waals surface area (Å²) >= 11 is 3.47. The molecule has 0 fully saturated rings. The summed E-state index contributed by atoms with van der Waals surface area (Å²) in [6.07, 6.45) is 1.85. The molecule has 0 radical (unpaired) electrons. The van der Waals surface area contributed by atoms with Crippen LogP contribution in [-0.2, 0) is 22.4 Å². The number of halogens is 1. The Labute approximate surface area is 134 Å². The second-order valence-electron chi connectivity index (χ2n) is 6.95. The Morgan fingerprint density at radius 3 is 2.67 bits per heavy atom. The number of benzene rings is 1. The van der Waals surface area contributed by atoms with Crippen molar-refractivity contribution in [1.82, 2.24) is 0 Å². The molecular weight excluding hydrogens is 332 g/mol. The molecule has 116 valence electrons. The van der Waals surface area contributed by atoms with E-state index >= 15 is 0 Å². The Kier molecular flexibility index (Phi) is 4.50. The van der Waals surface area contributed by atoms with Crippen molar-refractivity contribution in [2.24, 2.45) is 5.92 Å². The minimum absolute atomic E-state index is 0.328. The predicted octanol–water partition coefficient (Wildman–Crippen LogP) is 3.65. The summed E-state index contributed by atoms with van der Waals surface area (Å²) in [5, 5.41) is 10.9. The fourth-order valence-corrected chi connectivity index (χ4v) is 3.16. The van der Waals surface area contributed by atoms with E-state index in [4.69, 9.17) is 4.74 Å². The van der Waals surface area contributed by atoms with Crippen LogP contribution in [0.15, 0.2) is 22.7 Å². The van der Waals surface area contributed by atoms with Gasteiger partial charge in [-0.1, -0.05) is 22.0 Å². The molecule has 1 aromatic rings. The van der Waals surface area contributed by atoms with Crippen LogP contribution < -0.4 is 0 Å². The van der Waals surface area contributed by atoms with Gasteiger partial charge in [-0.15, -0.1) is 0 Å². The zero-order valence-electron chi connectivity index (χ0n) is 13.1. The monoisotopic (exact) mass is 354 g/mol. The van der Waals surface area contributed by atoms with Gasteiger partial charge >= 0.3 is 5.97 Å². The second-order valence-corrected chi connectivity index (χ2v) is 7.86. The van der Waals surface area contributed by atoms with Gasteiger partial charge in [0.1, 0.15) is 5.60 Å². The molecule has 4 heteroatoms. The third-order valence-corrected chi connectivity index (χ3v) is 4.55. The minimum atomic E-state index is -1.02. The minimum Gasteiger partial charge on any atom is -0.460 e. The average Bonchev–Trinajstić information content (AvgIpc) is 2.36. The van der Waals surface area contributed by atoms with E-state index in [9.17, 15) is 9.90 Å². The van der Waals surface area contributed by atoms with Gasteiger partial charge in [0.2, 0.25) is 0 Å². The van der Waals surface area contributed by atoms with Crippen LogP contribution in [0, 0.1) is 5.92 Å². The van der Waals surface area contributed by atoms with Crippen molar-refractivity contribution in [2.45, 2.75) is 58.2 Å². The Balaban J connectivity index is 2.16. The smallest absolute Gasteiger partial charge is 0.312 e. The van der Waals surface area contributed by atoms with Crippen molar-refractivity contribution in [3.63, 3.8) is 0 Å². The number of carbonyl (C=O) groups is 1. The van der Waals surface area contributed by atoms with Crippen molar-refractivity contribution in [1.29, 1.82) is 0 Å². The molecule has 0 heterocycles. The van der Waals surface area contributed by atoms with E-state index in [0.29, 0.717) is 12.8 Å². The maximum atomic E-state index is 12.2. The number of fused-ring (bicyclic) bond motifs is 1. The highest BCUT2D eigenvalue weighted by molar-refractivity contribution is 9.10. The van der Waals surface area contributed by atoms with Crippen LogP contribution in [0.3, 0.4) is 0 Å². The second kappa shape index (κ2) is 5.73. The molecule has 21 heavy (non-hydrogen) atoms. The quantitative estimate of drug-likeness (QED) is 0.824. The van der Waals surface area contributed by atoms with Gasteiger partial charge in [0, 0.05) is 10.9 Å². The lowest BCUT2D eigenvalue weighted by Crippen LogP contribution is -2.47. The first-order valence-corrected chi connectivity index (χ1v) is 8.12. The number of hydrogen-bond donors (Lipinski definition) is 1. The third kappa shape index (κ3) is 3.86. The number of rotatable bonds is 2. The van der Waals surface area contributed by atoms with Gasteiger partial charge in [-0.3, -0.25) is 4.79 Å². The molecule has 0 amide bonds. The molecule has 2 atom stereocenters. The first-order chi connectivity index (χ1) is 9.61. The van der Waals surface area contributed by atoms with Crippen LogP contribution in [0.1, 0.15) is 45.2 Å². The highest BCUT2D eigenvalue weighted by Gasteiger charge is 2.42. The zero-order chi connectivity index (χ0) is 15.8. The van der Waals surface area contributed by atoms with E-state index in [-0.39, 0.29) is 5.97 Å². The third-order valence-electron chi connectivity index (χ3n) is 4.06. The standard InChI is InChI=1S/C17H23BrO3/c1-11(15(19)21-16(2,3)4)17(20)8-7-12-9-14(18)6-5-13(12)10-17/h5-6,9,11,20H,7-8,10H2,1-4H3. The summed E-state index contributed by atoms with van der Waals surface area (Å²) in [7, 11) is 0. The maximum Gasteiger partial charge on any atom is 0.312 e. The number of hydrogen-bond acceptors (Lipinski definition) is 3. The van der Waals surface area contributed by atoms with Crippen molar-refractivity contribution in [2.75, 3.05) is 0 Å². The Morgan fingerprint density at radius 1 is 1.38 bits per heavy atom. The van der Waals surface area contributed by atoms with Gasteiger partial charge in [-0.25, -0.2) is 0 Å². The number of ether oxygens (including phenoxy) is 1. The molecule has 0 saturated carbocycles. The molecule has 0 saturated heterocycles. The van der Waals surface area contributed by atoms with Crippen molar-refractivity contribution < 1.29 is 14.6 Å². The highest BCUT2D eigenvalue weighted by Crippen LogP contribution is 2.36. The van der Waals surface area contributed by atoms with Crippen LogP contribution in [0.5, 0.6) is 0 Å². The molecule has 2 unspecified atom stereocenters. The SMILES string of the molecule is CC(C(=O)OC(C)(C)C)C1(O)CCc2cc(Br)ccc2C1. The first kappa shape index (κ1) is 16.5. The topological polar surface area (TPSA) is 46.5 Å². The molecule has 1 aromatic carbocycles. The van der Waals surface area contributed by atoms with Gasteiger partial charge < -0.3 is 9.84 Å².